The number of piperidine rings is 1. The topological polar surface area (TPSA) is 36.1 Å². The largest absolute Gasteiger partial charge is 0.361 e. The van der Waals surface area contributed by atoms with Crippen molar-refractivity contribution in [3.63, 3.8) is 0 Å². The summed E-state index contributed by atoms with van der Waals surface area (Å²) in [6, 6.07) is 8.53. The lowest BCUT2D eigenvalue weighted by Gasteiger charge is -2.32. The minimum Gasteiger partial charge on any atom is -0.361 e. The van der Waals surface area contributed by atoms with Crippen LogP contribution in [0.2, 0.25) is 0 Å². The van der Waals surface area contributed by atoms with Crippen molar-refractivity contribution in [3.8, 4) is 0 Å². The van der Waals surface area contributed by atoms with Crippen molar-refractivity contribution in [3.05, 3.63) is 36.0 Å². The van der Waals surface area contributed by atoms with Gasteiger partial charge in [-0.3, -0.25) is 4.79 Å². The van der Waals surface area contributed by atoms with Gasteiger partial charge in [0.05, 0.1) is 0 Å². The Morgan fingerprint density at radius 2 is 1.83 bits per heavy atom. The summed E-state index contributed by atoms with van der Waals surface area (Å²) < 4.78 is 0. The Bertz CT molecular complexity index is 676. The van der Waals surface area contributed by atoms with Crippen LogP contribution in [0.5, 0.6) is 0 Å². The quantitative estimate of drug-likeness (QED) is 0.893. The highest BCUT2D eigenvalue weighted by atomic mass is 16.2. The molecule has 1 saturated heterocycles. The fraction of sp³-hybridized carbons (Fsp3) is 0.550. The third kappa shape index (κ3) is 3.01. The lowest BCUT2D eigenvalue weighted by molar-refractivity contribution is -0.133. The Morgan fingerprint density at radius 1 is 1.09 bits per heavy atom. The first kappa shape index (κ1) is 14.8. The van der Waals surface area contributed by atoms with Crippen LogP contribution in [0.4, 0.5) is 0 Å². The number of aromatic amines is 1. The molecular formula is C20H26N2O. The van der Waals surface area contributed by atoms with Crippen molar-refractivity contribution in [1.29, 1.82) is 0 Å². The fourth-order valence-electron chi connectivity index (χ4n) is 4.46. The van der Waals surface area contributed by atoms with Crippen LogP contribution in [0, 0.1) is 5.92 Å². The van der Waals surface area contributed by atoms with Crippen molar-refractivity contribution in [2.75, 3.05) is 13.1 Å². The Morgan fingerprint density at radius 3 is 2.61 bits per heavy atom. The van der Waals surface area contributed by atoms with E-state index in [9.17, 15) is 4.79 Å². The van der Waals surface area contributed by atoms with E-state index in [-0.39, 0.29) is 0 Å². The van der Waals surface area contributed by atoms with Gasteiger partial charge in [-0.2, -0.15) is 0 Å². The van der Waals surface area contributed by atoms with E-state index in [1.54, 1.807) is 0 Å². The van der Waals surface area contributed by atoms with Crippen molar-refractivity contribution in [2.24, 2.45) is 5.92 Å². The van der Waals surface area contributed by atoms with Crippen LogP contribution < -0.4 is 0 Å². The number of fused-ring (bicyclic) bond motifs is 1. The Labute approximate surface area is 138 Å². The minimum atomic E-state index is 0.397. The molecule has 2 aliphatic rings. The van der Waals surface area contributed by atoms with Crippen LogP contribution in [0.25, 0.3) is 10.9 Å². The second kappa shape index (κ2) is 6.38. The predicted molar refractivity (Wildman–Crippen MR) is 93.4 cm³/mol. The van der Waals surface area contributed by atoms with Crippen molar-refractivity contribution >= 4 is 16.8 Å². The van der Waals surface area contributed by atoms with Gasteiger partial charge in [0.25, 0.3) is 0 Å². The van der Waals surface area contributed by atoms with E-state index >= 15 is 0 Å². The van der Waals surface area contributed by atoms with Crippen molar-refractivity contribution < 1.29 is 4.79 Å². The molecule has 0 radical (unpaired) electrons. The van der Waals surface area contributed by atoms with Gasteiger partial charge in [0.2, 0.25) is 5.91 Å². The molecule has 3 nitrogen and oxygen atoms in total. The molecule has 1 amide bonds. The molecule has 0 bridgehead atoms. The molecule has 122 valence electrons. The number of rotatable bonds is 3. The molecule has 0 atom stereocenters. The van der Waals surface area contributed by atoms with Gasteiger partial charge in [0.1, 0.15) is 0 Å². The zero-order valence-corrected chi connectivity index (χ0v) is 13.8. The van der Waals surface area contributed by atoms with Gasteiger partial charge in [-0.25, -0.2) is 0 Å². The maximum absolute atomic E-state index is 12.5. The van der Waals surface area contributed by atoms with E-state index in [4.69, 9.17) is 0 Å². The number of nitrogens with zero attached hydrogens (tertiary/aromatic N) is 1. The highest BCUT2D eigenvalue weighted by Gasteiger charge is 2.27. The maximum Gasteiger partial charge on any atom is 0.222 e. The summed E-state index contributed by atoms with van der Waals surface area (Å²) >= 11 is 0. The lowest BCUT2D eigenvalue weighted by Crippen LogP contribution is -2.38. The molecule has 3 heteroatoms. The van der Waals surface area contributed by atoms with E-state index in [0.29, 0.717) is 17.7 Å². The number of para-hydroxylation sites is 1. The molecule has 2 aromatic rings. The zero-order valence-electron chi connectivity index (χ0n) is 13.8. The number of carbonyl (C=O) groups is 1. The van der Waals surface area contributed by atoms with E-state index in [2.05, 4.69) is 40.3 Å². The van der Waals surface area contributed by atoms with Gasteiger partial charge in [0, 0.05) is 36.6 Å². The number of aromatic nitrogens is 1. The number of likely N-dealkylation sites (tertiary alicyclic amines) is 1. The SMILES string of the molecule is O=C(CC1CCCC1)N1CCC(c2c[nH]c3ccccc23)CC1. The minimum absolute atomic E-state index is 0.397. The van der Waals surface area contributed by atoms with E-state index in [1.165, 1.54) is 42.1 Å². The summed E-state index contributed by atoms with van der Waals surface area (Å²) in [5.74, 6) is 1.64. The van der Waals surface area contributed by atoms with Crippen LogP contribution in [0.3, 0.4) is 0 Å². The van der Waals surface area contributed by atoms with Gasteiger partial charge in [-0.05, 0) is 49.1 Å². The number of nitrogens with one attached hydrogen (secondary N) is 1. The van der Waals surface area contributed by atoms with Gasteiger partial charge >= 0.3 is 0 Å². The number of benzene rings is 1. The number of hydrogen-bond donors (Lipinski definition) is 1. The van der Waals surface area contributed by atoms with Crippen LogP contribution in [-0.4, -0.2) is 28.9 Å². The second-order valence-electron chi connectivity index (χ2n) is 7.30. The molecule has 2 fully saturated rings. The first-order valence-corrected chi connectivity index (χ1v) is 9.15. The fourth-order valence-corrected chi connectivity index (χ4v) is 4.46. The number of H-pyrrole nitrogens is 1. The molecule has 1 aliphatic heterocycles. The molecular weight excluding hydrogens is 284 g/mol. The summed E-state index contributed by atoms with van der Waals surface area (Å²) in [7, 11) is 0. The summed E-state index contributed by atoms with van der Waals surface area (Å²) in [6.07, 6.45) is 10.3. The average Bonchev–Trinajstić information content (AvgIpc) is 3.24. The van der Waals surface area contributed by atoms with Crippen molar-refractivity contribution in [1.82, 2.24) is 9.88 Å². The third-order valence-electron chi connectivity index (χ3n) is 5.85. The standard InChI is InChI=1S/C20H26N2O/c23-20(13-15-5-1-2-6-15)22-11-9-16(10-12-22)18-14-21-19-8-4-3-7-17(18)19/h3-4,7-8,14-16,21H,1-2,5-6,9-13H2. The monoisotopic (exact) mass is 310 g/mol. The third-order valence-corrected chi connectivity index (χ3v) is 5.85. The molecule has 1 aliphatic carbocycles. The molecule has 1 aromatic carbocycles. The summed E-state index contributed by atoms with van der Waals surface area (Å²) in [5.41, 5.74) is 2.66. The molecule has 4 rings (SSSR count). The second-order valence-corrected chi connectivity index (χ2v) is 7.30. The molecule has 0 spiro atoms. The molecule has 1 aromatic heterocycles. The normalized spacial score (nSPS) is 20.4. The van der Waals surface area contributed by atoms with Crippen molar-refractivity contribution in [2.45, 2.75) is 50.9 Å². The number of carbonyl (C=O) groups excluding carboxylic acids is 1. The van der Waals surface area contributed by atoms with E-state index < -0.39 is 0 Å². The van der Waals surface area contributed by atoms with Gasteiger partial charge in [0.15, 0.2) is 0 Å². The molecule has 1 N–H and O–H groups in total. The lowest BCUT2D eigenvalue weighted by atomic mass is 9.89. The van der Waals surface area contributed by atoms with Crippen LogP contribution in [0.1, 0.15) is 56.4 Å². The summed E-state index contributed by atoms with van der Waals surface area (Å²) in [6.45, 7) is 1.85. The smallest absolute Gasteiger partial charge is 0.222 e. The molecule has 23 heavy (non-hydrogen) atoms. The average molecular weight is 310 g/mol. The maximum atomic E-state index is 12.5. The van der Waals surface area contributed by atoms with Crippen LogP contribution in [0.15, 0.2) is 30.5 Å². The Hall–Kier alpha value is -1.77. The number of amides is 1. The first-order chi connectivity index (χ1) is 11.3. The van der Waals surface area contributed by atoms with Crippen LogP contribution in [-0.2, 0) is 4.79 Å². The molecule has 2 heterocycles. The van der Waals surface area contributed by atoms with E-state index in [1.807, 2.05) is 0 Å². The highest BCUT2D eigenvalue weighted by Crippen LogP contribution is 2.34. The number of hydrogen-bond acceptors (Lipinski definition) is 1. The molecule has 0 unspecified atom stereocenters. The van der Waals surface area contributed by atoms with Crippen LogP contribution >= 0.6 is 0 Å². The van der Waals surface area contributed by atoms with Gasteiger partial charge in [-0.1, -0.05) is 31.0 Å². The van der Waals surface area contributed by atoms with Gasteiger partial charge in [-0.15, -0.1) is 0 Å². The summed E-state index contributed by atoms with van der Waals surface area (Å²) in [4.78, 5) is 18.0. The zero-order chi connectivity index (χ0) is 15.6. The highest BCUT2D eigenvalue weighted by molar-refractivity contribution is 5.83. The Balaban J connectivity index is 1.38. The first-order valence-electron chi connectivity index (χ1n) is 9.15. The van der Waals surface area contributed by atoms with E-state index in [0.717, 1.165) is 32.4 Å². The van der Waals surface area contributed by atoms with Gasteiger partial charge < -0.3 is 9.88 Å². The Kier molecular flexibility index (Phi) is 4.11. The predicted octanol–water partition coefficient (Wildman–Crippen LogP) is 4.45. The molecule has 1 saturated carbocycles. The summed E-state index contributed by atoms with van der Waals surface area (Å²) in [5, 5.41) is 1.35.